The Morgan fingerprint density at radius 1 is 0.806 bits per heavy atom. The number of hydrogen-bond acceptors (Lipinski definition) is 8. The number of methoxy groups -OCH3 is 1. The van der Waals surface area contributed by atoms with Gasteiger partial charge in [-0.3, -0.25) is 19.2 Å². The van der Waals surface area contributed by atoms with Crippen LogP contribution in [0.5, 0.6) is 0 Å². The fraction of sp³-hybridized carbons (Fsp3) is 0.673. The number of likely N-dealkylation sites (tertiary alicyclic amines) is 2. The Balaban J connectivity index is 0.000000891. The van der Waals surface area contributed by atoms with Gasteiger partial charge in [0.2, 0.25) is 25.1 Å². The van der Waals surface area contributed by atoms with Crippen molar-refractivity contribution in [3.8, 4) is 11.1 Å². The highest BCUT2D eigenvalue weighted by molar-refractivity contribution is 5.79. The van der Waals surface area contributed by atoms with Gasteiger partial charge in [-0.1, -0.05) is 109 Å². The second-order valence-electron chi connectivity index (χ2n) is 20.3. The molecule has 4 amide bonds. The van der Waals surface area contributed by atoms with E-state index in [2.05, 4.69) is 121 Å². The summed E-state index contributed by atoms with van der Waals surface area (Å²) in [6.07, 6.45) is 13.5. The molecule has 1 N–H and O–H groups in total. The summed E-state index contributed by atoms with van der Waals surface area (Å²) in [5.41, 5.74) is 3.92. The molecule has 7 atom stereocenters. The molecule has 2 aromatic rings. The van der Waals surface area contributed by atoms with Gasteiger partial charge in [0.05, 0.1) is 12.1 Å². The van der Waals surface area contributed by atoms with Crippen LogP contribution in [0.25, 0.3) is 11.1 Å². The van der Waals surface area contributed by atoms with E-state index >= 15 is 0 Å². The van der Waals surface area contributed by atoms with Crippen molar-refractivity contribution in [3.05, 3.63) is 60.2 Å². The van der Waals surface area contributed by atoms with Crippen molar-refractivity contribution in [1.82, 2.24) is 24.9 Å². The number of piperidine rings is 1. The van der Waals surface area contributed by atoms with Crippen molar-refractivity contribution in [3.63, 3.8) is 0 Å². The maximum atomic E-state index is 12.4. The van der Waals surface area contributed by atoms with Crippen molar-refractivity contribution in [2.24, 2.45) is 29.1 Å². The van der Waals surface area contributed by atoms with Gasteiger partial charge in [0.1, 0.15) is 12.6 Å². The minimum Gasteiger partial charge on any atom is -0.381 e. The maximum Gasteiger partial charge on any atom is 0.223 e. The van der Waals surface area contributed by atoms with Crippen molar-refractivity contribution in [2.75, 3.05) is 47.9 Å². The number of ether oxygens (including phenoxy) is 1. The van der Waals surface area contributed by atoms with Gasteiger partial charge in [0.15, 0.2) is 0 Å². The van der Waals surface area contributed by atoms with E-state index in [1.807, 2.05) is 33.9 Å². The molecular formula is C55H93N5O7. The van der Waals surface area contributed by atoms with E-state index < -0.39 is 0 Å². The van der Waals surface area contributed by atoms with Crippen LogP contribution in [0.3, 0.4) is 0 Å². The molecule has 0 spiro atoms. The zero-order valence-corrected chi connectivity index (χ0v) is 44.4. The molecule has 4 rings (SSSR count). The fourth-order valence-corrected chi connectivity index (χ4v) is 7.45. The molecule has 2 aliphatic heterocycles. The Morgan fingerprint density at radius 3 is 1.81 bits per heavy atom. The number of rotatable bonds is 20. The Bertz CT molecular complexity index is 1610. The average Bonchev–Trinajstić information content (AvgIpc) is 3.80. The SMILES string of the molecule is CC(C)N(C)C=O.CC(Cc1ccc(-c2ccccc2)cc1)NC(=O)C1CCN(C)CC1.CCC(C)C(C)N(C)C=O.CO[C@@H](CC(C)CC[C@H](C)C=O)C(C)(C)C.O=CC1CCCN1C=O. The van der Waals surface area contributed by atoms with Crippen LogP contribution < -0.4 is 5.32 Å². The molecule has 0 radical (unpaired) electrons. The third kappa shape index (κ3) is 26.6. The van der Waals surface area contributed by atoms with Gasteiger partial charge in [-0.15, -0.1) is 0 Å². The first kappa shape index (κ1) is 62.6. The lowest BCUT2D eigenvalue weighted by Crippen LogP contribution is -2.42. The molecule has 0 bridgehead atoms. The minimum absolute atomic E-state index is 0.137. The summed E-state index contributed by atoms with van der Waals surface area (Å²) in [6.45, 7) is 26.0. The first-order chi connectivity index (χ1) is 31.6. The topological polar surface area (TPSA) is 137 Å². The lowest BCUT2D eigenvalue weighted by Gasteiger charge is -2.31. The zero-order chi connectivity index (χ0) is 51.1. The third-order valence-corrected chi connectivity index (χ3v) is 13.2. The summed E-state index contributed by atoms with van der Waals surface area (Å²) in [5.74, 6) is 1.81. The van der Waals surface area contributed by atoms with Crippen LogP contribution in [0.2, 0.25) is 0 Å². The van der Waals surface area contributed by atoms with Crippen molar-refractivity contribution in [2.45, 2.75) is 164 Å². The molecule has 2 aliphatic rings. The van der Waals surface area contributed by atoms with Crippen LogP contribution in [0, 0.1) is 29.1 Å². The van der Waals surface area contributed by atoms with Gasteiger partial charge >= 0.3 is 0 Å². The van der Waals surface area contributed by atoms with Gasteiger partial charge < -0.3 is 39.2 Å². The largest absolute Gasteiger partial charge is 0.381 e. The molecule has 380 valence electrons. The normalized spacial score (nSPS) is 17.6. The van der Waals surface area contributed by atoms with Crippen molar-refractivity contribution in [1.29, 1.82) is 0 Å². The fourth-order valence-electron chi connectivity index (χ4n) is 7.45. The number of benzene rings is 2. The Morgan fingerprint density at radius 2 is 1.37 bits per heavy atom. The molecule has 2 heterocycles. The molecule has 0 aromatic heterocycles. The highest BCUT2D eigenvalue weighted by Gasteiger charge is 2.27. The molecule has 0 saturated carbocycles. The summed E-state index contributed by atoms with van der Waals surface area (Å²) in [5, 5.41) is 3.20. The first-order valence-electron chi connectivity index (χ1n) is 24.7. The molecular weight excluding hydrogens is 843 g/mol. The van der Waals surface area contributed by atoms with Crippen molar-refractivity contribution >= 4 is 37.7 Å². The smallest absolute Gasteiger partial charge is 0.223 e. The van der Waals surface area contributed by atoms with E-state index in [4.69, 9.17) is 4.74 Å². The summed E-state index contributed by atoms with van der Waals surface area (Å²) in [6, 6.07) is 19.8. The summed E-state index contributed by atoms with van der Waals surface area (Å²) < 4.78 is 5.55. The molecule has 5 unspecified atom stereocenters. The number of carbonyl (C=O) groups is 6. The standard InChI is InChI=1S/C22H28N2O.C14H28O2.C8H17NO.C6H9NO2.C5H11NO/c1-17(23-22(25)21-12-14-24(2)15-13-21)16-18-8-10-20(11-9-18)19-6-4-3-5-7-19;1-11(7-8-12(2)10-15)9-13(16-6)14(3,4)5;1-5-7(2)8(3)9(4)6-10;8-4-6-2-1-3-7(6)5-9;1-5(2)6(3)4-7/h3-11,17,21H,12-16H2,1-2H3,(H,23,25);10-13H,7-9H2,1-6H3;6-8H,5H2,1-4H3;4-6H,1-3H2;4-5H,1-3H3/t;11?,12-,13-;;;/m.0.../s1. The lowest BCUT2D eigenvalue weighted by molar-refractivity contribution is -0.127. The molecule has 0 aliphatic carbocycles. The van der Waals surface area contributed by atoms with E-state index in [0.29, 0.717) is 30.0 Å². The Hall–Kier alpha value is -4.42. The van der Waals surface area contributed by atoms with Gasteiger partial charge in [-0.2, -0.15) is 0 Å². The van der Waals surface area contributed by atoms with Gasteiger partial charge in [-0.05, 0) is 133 Å². The molecule has 2 aromatic carbocycles. The Kier molecular flexibility index (Phi) is 32.5. The summed E-state index contributed by atoms with van der Waals surface area (Å²) in [4.78, 5) is 70.6. The van der Waals surface area contributed by atoms with Crippen molar-refractivity contribution < 1.29 is 33.5 Å². The quantitative estimate of drug-likeness (QED) is 0.130. The van der Waals surface area contributed by atoms with Crippen LogP contribution in [0.1, 0.15) is 133 Å². The van der Waals surface area contributed by atoms with Crippen LogP contribution >= 0.6 is 0 Å². The first-order valence-corrected chi connectivity index (χ1v) is 24.7. The van der Waals surface area contributed by atoms with E-state index in [1.165, 1.54) is 21.6 Å². The molecule has 2 saturated heterocycles. The van der Waals surface area contributed by atoms with E-state index in [9.17, 15) is 28.8 Å². The third-order valence-electron chi connectivity index (χ3n) is 13.2. The number of carbonyl (C=O) groups excluding carboxylic acids is 6. The van der Waals surface area contributed by atoms with E-state index in [0.717, 1.165) is 109 Å². The minimum atomic E-state index is -0.137. The highest BCUT2D eigenvalue weighted by atomic mass is 16.5. The van der Waals surface area contributed by atoms with Crippen LogP contribution in [0.15, 0.2) is 54.6 Å². The number of aldehydes is 2. The predicted molar refractivity (Wildman–Crippen MR) is 275 cm³/mol. The Labute approximate surface area is 407 Å². The van der Waals surface area contributed by atoms with Crippen LogP contribution in [-0.4, -0.2) is 135 Å². The summed E-state index contributed by atoms with van der Waals surface area (Å²) in [7, 11) is 7.49. The molecule has 2 fully saturated rings. The number of amides is 4. The average molecular weight is 936 g/mol. The second kappa shape index (κ2) is 34.8. The van der Waals surface area contributed by atoms with Crippen LogP contribution in [0.4, 0.5) is 0 Å². The molecule has 12 heteroatoms. The van der Waals surface area contributed by atoms with Gasteiger partial charge in [0, 0.05) is 57.7 Å². The van der Waals surface area contributed by atoms with Gasteiger partial charge in [0.25, 0.3) is 0 Å². The number of nitrogens with zero attached hydrogens (tertiary/aromatic N) is 4. The lowest BCUT2D eigenvalue weighted by atomic mass is 9.82. The zero-order valence-electron chi connectivity index (χ0n) is 44.4. The predicted octanol–water partition coefficient (Wildman–Crippen LogP) is 9.23. The van der Waals surface area contributed by atoms with Crippen LogP contribution in [-0.2, 0) is 39.9 Å². The van der Waals surface area contributed by atoms with Gasteiger partial charge in [-0.25, -0.2) is 0 Å². The molecule has 67 heavy (non-hydrogen) atoms. The molecule has 12 nitrogen and oxygen atoms in total. The second-order valence-corrected chi connectivity index (χ2v) is 20.3. The highest BCUT2D eigenvalue weighted by Crippen LogP contribution is 2.29. The maximum absolute atomic E-state index is 12.4. The monoisotopic (exact) mass is 936 g/mol. The number of hydrogen-bond donors (Lipinski definition) is 1. The summed E-state index contributed by atoms with van der Waals surface area (Å²) >= 11 is 0. The van der Waals surface area contributed by atoms with E-state index in [1.54, 1.807) is 24.0 Å². The number of nitrogens with one attached hydrogen (secondary N) is 1. The van der Waals surface area contributed by atoms with E-state index in [-0.39, 0.29) is 35.2 Å².